The number of hydrogen-bond acceptors (Lipinski definition) is 3. The summed E-state index contributed by atoms with van der Waals surface area (Å²) in [6.07, 6.45) is 4.22. The second kappa shape index (κ2) is 4.94. The summed E-state index contributed by atoms with van der Waals surface area (Å²) in [5, 5.41) is 3.56. The maximum Gasteiger partial charge on any atom is 0.139 e. The van der Waals surface area contributed by atoms with Crippen molar-refractivity contribution >= 4 is 5.65 Å². The first kappa shape index (κ1) is 12.6. The van der Waals surface area contributed by atoms with Crippen LogP contribution < -0.4 is 5.32 Å². The standard InChI is InChI=1S/C15H22N4/c1-11-5-4-6-19-10-14(17-15(11)19)9-18-7-12(2)16-13(3)8-18/h4-6,10,12-13,16H,7-9H2,1-3H3. The lowest BCUT2D eigenvalue weighted by molar-refractivity contribution is 0.165. The van der Waals surface area contributed by atoms with Gasteiger partial charge in [0.1, 0.15) is 5.65 Å². The van der Waals surface area contributed by atoms with E-state index in [1.54, 1.807) is 0 Å². The van der Waals surface area contributed by atoms with E-state index in [4.69, 9.17) is 4.98 Å². The van der Waals surface area contributed by atoms with Gasteiger partial charge in [0.2, 0.25) is 0 Å². The number of aromatic nitrogens is 2. The van der Waals surface area contributed by atoms with Crippen LogP contribution in [-0.4, -0.2) is 39.5 Å². The fraction of sp³-hybridized carbons (Fsp3) is 0.533. The van der Waals surface area contributed by atoms with Crippen LogP contribution in [0.3, 0.4) is 0 Å². The second-order valence-electron chi connectivity index (χ2n) is 5.82. The molecule has 1 fully saturated rings. The van der Waals surface area contributed by atoms with Gasteiger partial charge in [0.15, 0.2) is 0 Å². The van der Waals surface area contributed by atoms with Gasteiger partial charge < -0.3 is 9.72 Å². The SMILES string of the molecule is Cc1cccn2cc(CN3CC(C)NC(C)C3)nc12. The summed E-state index contributed by atoms with van der Waals surface area (Å²) in [4.78, 5) is 7.25. The highest BCUT2D eigenvalue weighted by Crippen LogP contribution is 2.13. The topological polar surface area (TPSA) is 32.6 Å². The van der Waals surface area contributed by atoms with Gasteiger partial charge >= 0.3 is 0 Å². The number of rotatable bonds is 2. The van der Waals surface area contributed by atoms with Gasteiger partial charge in [-0.3, -0.25) is 4.90 Å². The van der Waals surface area contributed by atoms with Crippen LogP contribution in [0.15, 0.2) is 24.5 Å². The summed E-state index contributed by atoms with van der Waals surface area (Å²) in [6.45, 7) is 9.74. The van der Waals surface area contributed by atoms with Crippen molar-refractivity contribution < 1.29 is 0 Å². The zero-order valence-electron chi connectivity index (χ0n) is 11.9. The Morgan fingerprint density at radius 2 is 2.05 bits per heavy atom. The summed E-state index contributed by atoms with van der Waals surface area (Å²) < 4.78 is 2.12. The zero-order valence-corrected chi connectivity index (χ0v) is 11.9. The number of nitrogens with one attached hydrogen (secondary N) is 1. The molecule has 3 heterocycles. The lowest BCUT2D eigenvalue weighted by Crippen LogP contribution is -2.53. The van der Waals surface area contributed by atoms with E-state index < -0.39 is 0 Å². The van der Waals surface area contributed by atoms with Crippen molar-refractivity contribution in [3.63, 3.8) is 0 Å². The monoisotopic (exact) mass is 258 g/mol. The molecule has 3 rings (SSSR count). The van der Waals surface area contributed by atoms with Crippen LogP contribution in [0.2, 0.25) is 0 Å². The summed E-state index contributed by atoms with van der Waals surface area (Å²) >= 11 is 0. The van der Waals surface area contributed by atoms with Crippen molar-refractivity contribution in [2.45, 2.75) is 39.4 Å². The predicted molar refractivity (Wildman–Crippen MR) is 77.3 cm³/mol. The van der Waals surface area contributed by atoms with E-state index in [1.807, 2.05) is 0 Å². The third-order valence-corrected chi connectivity index (χ3v) is 3.75. The minimum absolute atomic E-state index is 0.558. The molecular weight excluding hydrogens is 236 g/mol. The molecule has 4 heteroatoms. The van der Waals surface area contributed by atoms with Crippen molar-refractivity contribution in [1.29, 1.82) is 0 Å². The molecule has 2 unspecified atom stereocenters. The van der Waals surface area contributed by atoms with E-state index in [9.17, 15) is 0 Å². The Bertz CT molecular complexity index is 565. The number of aryl methyl sites for hydroxylation is 1. The molecule has 0 aliphatic carbocycles. The van der Waals surface area contributed by atoms with E-state index in [-0.39, 0.29) is 0 Å². The first-order chi connectivity index (χ1) is 9.11. The van der Waals surface area contributed by atoms with Gasteiger partial charge in [-0.2, -0.15) is 0 Å². The number of piperazine rings is 1. The van der Waals surface area contributed by atoms with Crippen LogP contribution >= 0.6 is 0 Å². The van der Waals surface area contributed by atoms with Gasteiger partial charge in [-0.25, -0.2) is 4.98 Å². The molecule has 1 aliphatic rings. The van der Waals surface area contributed by atoms with Crippen LogP contribution in [0.5, 0.6) is 0 Å². The van der Waals surface area contributed by atoms with Gasteiger partial charge in [-0.1, -0.05) is 6.07 Å². The van der Waals surface area contributed by atoms with Crippen LogP contribution in [0.4, 0.5) is 0 Å². The summed E-state index contributed by atoms with van der Waals surface area (Å²) in [7, 11) is 0. The third kappa shape index (κ3) is 2.65. The Morgan fingerprint density at radius 3 is 2.74 bits per heavy atom. The first-order valence-electron chi connectivity index (χ1n) is 7.03. The van der Waals surface area contributed by atoms with Gasteiger partial charge in [-0.15, -0.1) is 0 Å². The average Bonchev–Trinajstić information content (AvgIpc) is 2.71. The normalized spacial score (nSPS) is 25.0. The summed E-state index contributed by atoms with van der Waals surface area (Å²) in [5.41, 5.74) is 3.47. The third-order valence-electron chi connectivity index (χ3n) is 3.75. The van der Waals surface area contributed by atoms with Crippen LogP contribution in [0, 0.1) is 6.92 Å². The van der Waals surface area contributed by atoms with Crippen LogP contribution in [0.1, 0.15) is 25.1 Å². The Hall–Kier alpha value is -1.39. The average molecular weight is 258 g/mol. The fourth-order valence-corrected chi connectivity index (χ4v) is 3.08. The Morgan fingerprint density at radius 1 is 1.32 bits per heavy atom. The minimum Gasteiger partial charge on any atom is -0.309 e. The van der Waals surface area contributed by atoms with Crippen LogP contribution in [-0.2, 0) is 6.54 Å². The first-order valence-corrected chi connectivity index (χ1v) is 7.03. The number of nitrogens with zero attached hydrogens (tertiary/aromatic N) is 3. The van der Waals surface area contributed by atoms with Crippen molar-refractivity contribution in [2.75, 3.05) is 13.1 Å². The Balaban J connectivity index is 1.79. The highest BCUT2D eigenvalue weighted by Gasteiger charge is 2.21. The largest absolute Gasteiger partial charge is 0.309 e. The number of imidazole rings is 1. The smallest absolute Gasteiger partial charge is 0.139 e. The summed E-state index contributed by atoms with van der Waals surface area (Å²) in [5.74, 6) is 0. The molecule has 102 valence electrons. The molecule has 1 saturated heterocycles. The molecule has 1 aliphatic heterocycles. The number of hydrogen-bond donors (Lipinski definition) is 1. The van der Waals surface area contributed by atoms with E-state index in [0.717, 1.165) is 31.0 Å². The second-order valence-corrected chi connectivity index (χ2v) is 5.82. The molecule has 2 aromatic rings. The Labute approximate surface area is 114 Å². The molecule has 0 aromatic carbocycles. The molecule has 4 nitrogen and oxygen atoms in total. The van der Waals surface area contributed by atoms with Crippen molar-refractivity contribution in [3.8, 4) is 0 Å². The molecule has 2 atom stereocenters. The van der Waals surface area contributed by atoms with Gasteiger partial charge in [-0.05, 0) is 32.4 Å². The molecule has 0 amide bonds. The Kier molecular flexibility index (Phi) is 3.29. The number of pyridine rings is 1. The fourth-order valence-electron chi connectivity index (χ4n) is 3.08. The molecule has 0 spiro atoms. The molecule has 0 radical (unpaired) electrons. The van der Waals surface area contributed by atoms with Gasteiger partial charge in [0.05, 0.1) is 5.69 Å². The maximum absolute atomic E-state index is 4.76. The van der Waals surface area contributed by atoms with E-state index in [2.05, 4.69) is 59.9 Å². The van der Waals surface area contributed by atoms with E-state index in [1.165, 1.54) is 5.56 Å². The summed E-state index contributed by atoms with van der Waals surface area (Å²) in [6, 6.07) is 5.30. The highest BCUT2D eigenvalue weighted by molar-refractivity contribution is 5.47. The van der Waals surface area contributed by atoms with E-state index in [0.29, 0.717) is 12.1 Å². The van der Waals surface area contributed by atoms with Crippen molar-refractivity contribution in [2.24, 2.45) is 0 Å². The van der Waals surface area contributed by atoms with E-state index >= 15 is 0 Å². The van der Waals surface area contributed by atoms with Gasteiger partial charge in [0, 0.05) is 44.1 Å². The zero-order chi connectivity index (χ0) is 13.4. The highest BCUT2D eigenvalue weighted by atomic mass is 15.2. The number of fused-ring (bicyclic) bond motifs is 1. The molecule has 0 bridgehead atoms. The molecular formula is C15H22N4. The minimum atomic E-state index is 0.558. The molecule has 1 N–H and O–H groups in total. The molecule has 19 heavy (non-hydrogen) atoms. The lowest BCUT2D eigenvalue weighted by atomic mass is 10.1. The lowest BCUT2D eigenvalue weighted by Gasteiger charge is -2.35. The molecule has 0 saturated carbocycles. The maximum atomic E-state index is 4.76. The predicted octanol–water partition coefficient (Wildman–Crippen LogP) is 1.82. The quantitative estimate of drug-likeness (QED) is 0.892. The molecule has 2 aromatic heterocycles. The van der Waals surface area contributed by atoms with Crippen molar-refractivity contribution in [1.82, 2.24) is 19.6 Å². The van der Waals surface area contributed by atoms with Crippen molar-refractivity contribution in [3.05, 3.63) is 35.8 Å². The van der Waals surface area contributed by atoms with Gasteiger partial charge in [0.25, 0.3) is 0 Å². The van der Waals surface area contributed by atoms with Crippen LogP contribution in [0.25, 0.3) is 5.65 Å².